The lowest BCUT2D eigenvalue weighted by molar-refractivity contribution is -0.114. The Morgan fingerprint density at radius 1 is 1.00 bits per heavy atom. The third-order valence-corrected chi connectivity index (χ3v) is 3.98. The first-order chi connectivity index (χ1) is 13.1. The van der Waals surface area contributed by atoms with Crippen LogP contribution in [0.2, 0.25) is 0 Å². The number of anilines is 4. The molecule has 0 spiro atoms. The van der Waals surface area contributed by atoms with Gasteiger partial charge in [-0.1, -0.05) is 0 Å². The van der Waals surface area contributed by atoms with Crippen molar-refractivity contribution in [1.29, 1.82) is 0 Å². The standard InChI is InChI=1S/C20H22N6O/c1-15(27)23-17-3-5-18(6-4-17)24-20-22-13-9-19(25-20)26(2)14-10-16-7-11-21-12-8-16/h3-9,11-13H,10,14H2,1-2H3,(H,23,27)(H,22,24,25). The van der Waals surface area contributed by atoms with Crippen LogP contribution in [0, 0.1) is 0 Å². The lowest BCUT2D eigenvalue weighted by Crippen LogP contribution is -2.21. The lowest BCUT2D eigenvalue weighted by Gasteiger charge is -2.18. The van der Waals surface area contributed by atoms with Gasteiger partial charge in [0.15, 0.2) is 0 Å². The average molecular weight is 362 g/mol. The number of rotatable bonds is 7. The second-order valence-corrected chi connectivity index (χ2v) is 6.15. The molecular formula is C20H22N6O. The van der Waals surface area contributed by atoms with E-state index in [0.29, 0.717) is 5.95 Å². The molecule has 27 heavy (non-hydrogen) atoms. The van der Waals surface area contributed by atoms with Crippen molar-refractivity contribution in [2.45, 2.75) is 13.3 Å². The van der Waals surface area contributed by atoms with Gasteiger partial charge >= 0.3 is 0 Å². The zero-order valence-electron chi connectivity index (χ0n) is 15.4. The number of benzene rings is 1. The van der Waals surface area contributed by atoms with Gasteiger partial charge in [-0.25, -0.2) is 4.98 Å². The van der Waals surface area contributed by atoms with Crippen LogP contribution in [0.3, 0.4) is 0 Å². The monoisotopic (exact) mass is 362 g/mol. The van der Waals surface area contributed by atoms with Crippen LogP contribution in [0.5, 0.6) is 0 Å². The molecule has 3 aromatic rings. The van der Waals surface area contributed by atoms with Crippen molar-refractivity contribution in [3.63, 3.8) is 0 Å². The van der Waals surface area contributed by atoms with Crippen LogP contribution >= 0.6 is 0 Å². The van der Waals surface area contributed by atoms with Crippen molar-refractivity contribution in [3.8, 4) is 0 Å². The van der Waals surface area contributed by atoms with E-state index in [4.69, 9.17) is 0 Å². The molecule has 138 valence electrons. The molecule has 1 amide bonds. The van der Waals surface area contributed by atoms with Gasteiger partial charge in [-0.15, -0.1) is 0 Å². The summed E-state index contributed by atoms with van der Waals surface area (Å²) in [6.45, 7) is 2.32. The first-order valence-corrected chi connectivity index (χ1v) is 8.68. The molecule has 3 rings (SSSR count). The third kappa shape index (κ3) is 5.50. The predicted molar refractivity (Wildman–Crippen MR) is 107 cm³/mol. The van der Waals surface area contributed by atoms with Crippen LogP contribution in [0.25, 0.3) is 0 Å². The molecule has 2 heterocycles. The molecule has 0 aliphatic rings. The van der Waals surface area contributed by atoms with Crippen molar-refractivity contribution >= 4 is 29.0 Å². The summed E-state index contributed by atoms with van der Waals surface area (Å²) in [6, 6.07) is 13.3. The first-order valence-electron chi connectivity index (χ1n) is 8.68. The predicted octanol–water partition coefficient (Wildman–Crippen LogP) is 3.25. The fourth-order valence-corrected chi connectivity index (χ4v) is 2.55. The fourth-order valence-electron chi connectivity index (χ4n) is 2.55. The smallest absolute Gasteiger partial charge is 0.229 e. The Morgan fingerprint density at radius 2 is 1.70 bits per heavy atom. The molecule has 2 aromatic heterocycles. The summed E-state index contributed by atoms with van der Waals surface area (Å²) >= 11 is 0. The molecule has 2 N–H and O–H groups in total. The van der Waals surface area contributed by atoms with Crippen LogP contribution in [0.4, 0.5) is 23.1 Å². The molecule has 0 bridgehead atoms. The summed E-state index contributed by atoms with van der Waals surface area (Å²) in [4.78, 5) is 26.1. The normalized spacial score (nSPS) is 10.3. The second-order valence-electron chi connectivity index (χ2n) is 6.15. The maximum absolute atomic E-state index is 11.1. The van der Waals surface area contributed by atoms with Crippen LogP contribution in [0.1, 0.15) is 12.5 Å². The van der Waals surface area contributed by atoms with Gasteiger partial charge in [0.2, 0.25) is 11.9 Å². The minimum atomic E-state index is -0.0958. The van der Waals surface area contributed by atoms with E-state index in [0.717, 1.165) is 30.2 Å². The summed E-state index contributed by atoms with van der Waals surface area (Å²) in [5, 5.41) is 5.92. The van der Waals surface area contributed by atoms with Gasteiger partial charge in [0.05, 0.1) is 0 Å². The van der Waals surface area contributed by atoms with E-state index in [1.54, 1.807) is 18.6 Å². The Balaban J connectivity index is 1.61. The third-order valence-electron chi connectivity index (χ3n) is 3.98. The van der Waals surface area contributed by atoms with Gasteiger partial charge in [-0.3, -0.25) is 9.78 Å². The summed E-state index contributed by atoms with van der Waals surface area (Å²) in [7, 11) is 2.01. The highest BCUT2D eigenvalue weighted by atomic mass is 16.1. The zero-order valence-corrected chi connectivity index (χ0v) is 15.4. The van der Waals surface area contributed by atoms with Gasteiger partial charge < -0.3 is 15.5 Å². The van der Waals surface area contributed by atoms with E-state index in [2.05, 4.69) is 30.5 Å². The van der Waals surface area contributed by atoms with Crippen molar-refractivity contribution in [1.82, 2.24) is 15.0 Å². The number of pyridine rings is 1. The molecule has 7 heteroatoms. The maximum Gasteiger partial charge on any atom is 0.229 e. The molecule has 7 nitrogen and oxygen atoms in total. The molecule has 0 saturated heterocycles. The zero-order chi connectivity index (χ0) is 19.1. The van der Waals surface area contributed by atoms with E-state index in [1.165, 1.54) is 12.5 Å². The Labute approximate surface area is 158 Å². The number of nitrogens with zero attached hydrogens (tertiary/aromatic N) is 4. The summed E-state index contributed by atoms with van der Waals surface area (Å²) in [6.07, 6.45) is 6.26. The highest BCUT2D eigenvalue weighted by molar-refractivity contribution is 5.88. The first kappa shape index (κ1) is 18.3. The Kier molecular flexibility index (Phi) is 5.94. The van der Waals surface area contributed by atoms with Crippen molar-refractivity contribution in [2.75, 3.05) is 29.1 Å². The molecule has 0 aliphatic carbocycles. The largest absolute Gasteiger partial charge is 0.359 e. The molecular weight excluding hydrogens is 340 g/mol. The number of hydrogen-bond donors (Lipinski definition) is 2. The van der Waals surface area contributed by atoms with E-state index >= 15 is 0 Å². The average Bonchev–Trinajstić information content (AvgIpc) is 2.68. The van der Waals surface area contributed by atoms with Gasteiger partial charge in [0, 0.05) is 50.5 Å². The summed E-state index contributed by atoms with van der Waals surface area (Å²) in [5.41, 5.74) is 2.84. The van der Waals surface area contributed by atoms with E-state index in [-0.39, 0.29) is 5.91 Å². The van der Waals surface area contributed by atoms with Crippen LogP contribution < -0.4 is 15.5 Å². The Hall–Kier alpha value is -3.48. The number of nitrogens with one attached hydrogen (secondary N) is 2. The molecule has 0 aliphatic heterocycles. The molecule has 0 fully saturated rings. The number of carbonyl (C=O) groups excluding carboxylic acids is 1. The fraction of sp³-hybridized carbons (Fsp3) is 0.200. The van der Waals surface area contributed by atoms with E-state index in [9.17, 15) is 4.79 Å². The van der Waals surface area contributed by atoms with Crippen LogP contribution in [-0.2, 0) is 11.2 Å². The van der Waals surface area contributed by atoms with Crippen LogP contribution in [0.15, 0.2) is 61.1 Å². The number of hydrogen-bond acceptors (Lipinski definition) is 6. The van der Waals surface area contributed by atoms with Crippen molar-refractivity contribution < 1.29 is 4.79 Å². The van der Waals surface area contributed by atoms with Gasteiger partial charge in [0.1, 0.15) is 5.82 Å². The van der Waals surface area contributed by atoms with Gasteiger partial charge in [-0.2, -0.15) is 4.98 Å². The van der Waals surface area contributed by atoms with E-state index < -0.39 is 0 Å². The van der Waals surface area contributed by atoms with Crippen molar-refractivity contribution in [2.24, 2.45) is 0 Å². The number of amides is 1. The lowest BCUT2D eigenvalue weighted by atomic mass is 10.2. The van der Waals surface area contributed by atoms with Crippen LogP contribution in [-0.4, -0.2) is 34.5 Å². The topological polar surface area (TPSA) is 83.0 Å². The molecule has 0 unspecified atom stereocenters. The minimum Gasteiger partial charge on any atom is -0.359 e. The number of carbonyl (C=O) groups is 1. The number of likely N-dealkylation sites (N-methyl/N-ethyl adjacent to an activating group) is 1. The molecule has 0 radical (unpaired) electrons. The van der Waals surface area contributed by atoms with E-state index in [1.807, 2.05) is 49.5 Å². The highest BCUT2D eigenvalue weighted by Crippen LogP contribution is 2.18. The second kappa shape index (κ2) is 8.75. The number of aromatic nitrogens is 3. The van der Waals surface area contributed by atoms with Gasteiger partial charge in [0.25, 0.3) is 0 Å². The highest BCUT2D eigenvalue weighted by Gasteiger charge is 2.06. The summed E-state index contributed by atoms with van der Waals surface area (Å²) in [5.74, 6) is 1.27. The van der Waals surface area contributed by atoms with Crippen molar-refractivity contribution in [3.05, 3.63) is 66.6 Å². The summed E-state index contributed by atoms with van der Waals surface area (Å²) < 4.78 is 0. The minimum absolute atomic E-state index is 0.0958. The quantitative estimate of drug-likeness (QED) is 0.671. The Bertz CT molecular complexity index is 882. The SMILES string of the molecule is CC(=O)Nc1ccc(Nc2nccc(N(C)CCc3ccncc3)n2)cc1. The molecule has 0 saturated carbocycles. The maximum atomic E-state index is 11.1. The van der Waals surface area contributed by atoms with Gasteiger partial charge in [-0.05, 0) is 54.4 Å². The molecule has 0 atom stereocenters. The molecule has 1 aromatic carbocycles. The Morgan fingerprint density at radius 3 is 2.41 bits per heavy atom.